The van der Waals surface area contributed by atoms with Gasteiger partial charge in [-0.3, -0.25) is 4.79 Å². The maximum absolute atomic E-state index is 12.3. The smallest absolute Gasteiger partial charge is 0.339 e. The molecule has 0 unspecified atom stereocenters. The molecule has 0 aliphatic heterocycles. The maximum Gasteiger partial charge on any atom is 0.339 e. The van der Waals surface area contributed by atoms with E-state index in [0.29, 0.717) is 28.3 Å². The average molecular weight is 289 g/mol. The van der Waals surface area contributed by atoms with Crippen molar-refractivity contribution in [2.24, 2.45) is 5.73 Å². The van der Waals surface area contributed by atoms with Gasteiger partial charge in [-0.15, -0.1) is 0 Å². The van der Waals surface area contributed by atoms with E-state index < -0.39 is 18.0 Å². The van der Waals surface area contributed by atoms with E-state index in [1.54, 1.807) is 13.0 Å². The van der Waals surface area contributed by atoms with Gasteiger partial charge in [-0.05, 0) is 32.8 Å². The molecule has 0 saturated heterocycles. The third kappa shape index (κ3) is 2.46. The number of pyridine rings is 1. The molecule has 1 atom stereocenters. The van der Waals surface area contributed by atoms with Gasteiger partial charge < -0.3 is 15.0 Å². The zero-order valence-electron chi connectivity index (χ0n) is 11.8. The molecule has 1 saturated carbocycles. The van der Waals surface area contributed by atoms with Gasteiger partial charge in [-0.25, -0.2) is 9.78 Å². The number of nitrogens with two attached hydrogens (primary N) is 1. The van der Waals surface area contributed by atoms with Gasteiger partial charge in [-0.1, -0.05) is 5.16 Å². The molecule has 1 amide bonds. The summed E-state index contributed by atoms with van der Waals surface area (Å²) in [5.74, 6) is -0.972. The van der Waals surface area contributed by atoms with Gasteiger partial charge in [0.05, 0.1) is 16.6 Å². The summed E-state index contributed by atoms with van der Waals surface area (Å²) >= 11 is 0. The molecule has 21 heavy (non-hydrogen) atoms. The Labute approximate surface area is 120 Å². The minimum absolute atomic E-state index is 0.314. The number of rotatable bonds is 4. The van der Waals surface area contributed by atoms with Crippen LogP contribution in [0.1, 0.15) is 47.4 Å². The number of ether oxygens (including phenoxy) is 1. The van der Waals surface area contributed by atoms with E-state index in [2.05, 4.69) is 10.1 Å². The van der Waals surface area contributed by atoms with E-state index in [0.717, 1.165) is 18.5 Å². The molecule has 3 rings (SSSR count). The van der Waals surface area contributed by atoms with Crippen LogP contribution >= 0.6 is 0 Å². The fourth-order valence-electron chi connectivity index (χ4n) is 2.15. The number of hydrogen-bond acceptors (Lipinski definition) is 6. The summed E-state index contributed by atoms with van der Waals surface area (Å²) in [7, 11) is 0. The number of primary amides is 1. The molecule has 110 valence electrons. The standard InChI is InChI=1S/C14H15N3O4/c1-6-11-9(14(19)20-7(2)12(15)18)5-10(8-3-4-8)16-13(11)21-17-6/h5,7-8H,3-4H2,1-2H3,(H2,15,18)/t7-/m1/s1. The van der Waals surface area contributed by atoms with Crippen molar-refractivity contribution in [1.82, 2.24) is 10.1 Å². The Bertz CT molecular complexity index is 733. The topological polar surface area (TPSA) is 108 Å². The normalized spacial score (nSPS) is 15.9. The number of carbonyl (C=O) groups excluding carboxylic acids is 2. The number of amides is 1. The minimum atomic E-state index is -0.995. The molecular formula is C14H15N3O4. The SMILES string of the molecule is Cc1noc2nc(C3CC3)cc(C(=O)O[C@H](C)C(N)=O)c12. The first kappa shape index (κ1) is 13.5. The Morgan fingerprint density at radius 3 is 2.81 bits per heavy atom. The lowest BCUT2D eigenvalue weighted by Crippen LogP contribution is -2.30. The zero-order valence-corrected chi connectivity index (χ0v) is 11.8. The Morgan fingerprint density at radius 1 is 1.48 bits per heavy atom. The fraction of sp³-hybridized carbons (Fsp3) is 0.429. The van der Waals surface area contributed by atoms with Crippen molar-refractivity contribution in [3.8, 4) is 0 Å². The predicted molar refractivity (Wildman–Crippen MR) is 72.6 cm³/mol. The maximum atomic E-state index is 12.3. The number of aryl methyl sites for hydroxylation is 1. The van der Waals surface area contributed by atoms with Crippen LogP contribution in [0.3, 0.4) is 0 Å². The van der Waals surface area contributed by atoms with Gasteiger partial charge >= 0.3 is 5.97 Å². The first-order valence-corrected chi connectivity index (χ1v) is 6.74. The first-order valence-electron chi connectivity index (χ1n) is 6.74. The van der Waals surface area contributed by atoms with Gasteiger partial charge in [0.2, 0.25) is 0 Å². The Morgan fingerprint density at radius 2 is 2.19 bits per heavy atom. The summed E-state index contributed by atoms with van der Waals surface area (Å²) in [6.07, 6.45) is 1.08. The van der Waals surface area contributed by atoms with E-state index in [-0.39, 0.29) is 0 Å². The van der Waals surface area contributed by atoms with Crippen molar-refractivity contribution in [3.63, 3.8) is 0 Å². The molecule has 0 bridgehead atoms. The summed E-state index contributed by atoms with van der Waals surface area (Å²) in [6, 6.07) is 1.69. The monoisotopic (exact) mass is 289 g/mol. The molecule has 1 fully saturated rings. The van der Waals surface area contributed by atoms with Gasteiger partial charge in [0.1, 0.15) is 0 Å². The second kappa shape index (κ2) is 4.83. The van der Waals surface area contributed by atoms with Crippen molar-refractivity contribution in [1.29, 1.82) is 0 Å². The van der Waals surface area contributed by atoms with Crippen molar-refractivity contribution < 1.29 is 18.8 Å². The summed E-state index contributed by atoms with van der Waals surface area (Å²) in [6.45, 7) is 3.15. The molecule has 2 heterocycles. The lowest BCUT2D eigenvalue weighted by molar-refractivity contribution is -0.125. The Hall–Kier alpha value is -2.44. The number of aromatic nitrogens is 2. The summed E-state index contributed by atoms with van der Waals surface area (Å²) in [4.78, 5) is 27.7. The number of esters is 1. The van der Waals surface area contributed by atoms with Crippen LogP contribution in [0.4, 0.5) is 0 Å². The highest BCUT2D eigenvalue weighted by molar-refractivity contribution is 6.04. The fourth-order valence-corrected chi connectivity index (χ4v) is 2.15. The molecule has 1 aliphatic rings. The average Bonchev–Trinajstić information content (AvgIpc) is 3.22. The molecule has 1 aliphatic carbocycles. The third-order valence-electron chi connectivity index (χ3n) is 3.54. The molecule has 0 spiro atoms. The number of fused-ring (bicyclic) bond motifs is 1. The predicted octanol–water partition coefficient (Wildman–Crippen LogP) is 1.44. The van der Waals surface area contributed by atoms with Gasteiger partial charge in [0.15, 0.2) is 6.10 Å². The molecule has 7 heteroatoms. The van der Waals surface area contributed by atoms with Crippen LogP contribution < -0.4 is 5.73 Å². The van der Waals surface area contributed by atoms with Crippen LogP contribution in [-0.2, 0) is 9.53 Å². The molecular weight excluding hydrogens is 274 g/mol. The van der Waals surface area contributed by atoms with Crippen LogP contribution in [0.5, 0.6) is 0 Å². The van der Waals surface area contributed by atoms with Crippen LogP contribution in [0.25, 0.3) is 11.1 Å². The summed E-state index contributed by atoms with van der Waals surface area (Å²) < 4.78 is 10.2. The van der Waals surface area contributed by atoms with E-state index in [9.17, 15) is 9.59 Å². The van der Waals surface area contributed by atoms with Gasteiger partial charge in [0.25, 0.3) is 11.6 Å². The lowest BCUT2D eigenvalue weighted by Gasteiger charge is -2.10. The molecule has 2 aromatic rings. The second-order valence-electron chi connectivity index (χ2n) is 5.27. The van der Waals surface area contributed by atoms with Crippen molar-refractivity contribution in [3.05, 3.63) is 23.0 Å². The van der Waals surface area contributed by atoms with Crippen LogP contribution in [0.2, 0.25) is 0 Å². The summed E-state index contributed by atoms with van der Waals surface area (Å²) in [5, 5.41) is 4.35. The van der Waals surface area contributed by atoms with E-state index in [4.69, 9.17) is 15.0 Å². The highest BCUT2D eigenvalue weighted by Crippen LogP contribution is 2.40. The first-order chi connectivity index (χ1) is 9.97. The van der Waals surface area contributed by atoms with Crippen LogP contribution in [0.15, 0.2) is 10.6 Å². The zero-order chi connectivity index (χ0) is 15.1. The number of carbonyl (C=O) groups is 2. The minimum Gasteiger partial charge on any atom is -0.449 e. The van der Waals surface area contributed by atoms with Crippen LogP contribution in [-0.4, -0.2) is 28.1 Å². The van der Waals surface area contributed by atoms with Crippen molar-refractivity contribution >= 4 is 23.0 Å². The quantitative estimate of drug-likeness (QED) is 0.853. The summed E-state index contributed by atoms with van der Waals surface area (Å²) in [5.41, 5.74) is 7.09. The molecule has 2 aromatic heterocycles. The molecule has 0 aromatic carbocycles. The Kier molecular flexibility index (Phi) is 3.12. The molecule has 2 N–H and O–H groups in total. The van der Waals surface area contributed by atoms with Crippen molar-refractivity contribution in [2.45, 2.75) is 38.7 Å². The second-order valence-corrected chi connectivity index (χ2v) is 5.27. The van der Waals surface area contributed by atoms with E-state index in [1.807, 2.05) is 0 Å². The van der Waals surface area contributed by atoms with Gasteiger partial charge in [-0.2, -0.15) is 0 Å². The highest BCUT2D eigenvalue weighted by atomic mass is 16.5. The van der Waals surface area contributed by atoms with Crippen molar-refractivity contribution in [2.75, 3.05) is 0 Å². The number of nitrogens with zero attached hydrogens (tertiary/aromatic N) is 2. The molecule has 7 nitrogen and oxygen atoms in total. The molecule has 0 radical (unpaired) electrons. The largest absolute Gasteiger partial charge is 0.449 e. The van der Waals surface area contributed by atoms with E-state index >= 15 is 0 Å². The number of hydrogen-bond donors (Lipinski definition) is 1. The Balaban J connectivity index is 2.04. The van der Waals surface area contributed by atoms with E-state index in [1.165, 1.54) is 6.92 Å². The highest BCUT2D eigenvalue weighted by Gasteiger charge is 2.29. The van der Waals surface area contributed by atoms with Crippen LogP contribution in [0, 0.1) is 6.92 Å². The third-order valence-corrected chi connectivity index (χ3v) is 3.54. The van der Waals surface area contributed by atoms with Gasteiger partial charge in [0, 0.05) is 11.6 Å². The lowest BCUT2D eigenvalue weighted by atomic mass is 10.1.